The number of piperidine rings is 2. The molecule has 2 amide bonds. The molecule has 1 aromatic heterocycles. The van der Waals surface area contributed by atoms with Crippen molar-refractivity contribution in [2.24, 2.45) is 17.6 Å². The van der Waals surface area contributed by atoms with Crippen LogP contribution in [0.5, 0.6) is 0 Å². The predicted octanol–water partition coefficient (Wildman–Crippen LogP) is 5.19. The van der Waals surface area contributed by atoms with E-state index in [1.165, 1.54) is 35.2 Å². The zero-order chi connectivity index (χ0) is 22.2. The topological polar surface area (TPSA) is 62.5 Å². The van der Waals surface area contributed by atoms with Crippen molar-refractivity contribution in [2.45, 2.75) is 44.6 Å². The van der Waals surface area contributed by atoms with Crippen LogP contribution in [0.15, 0.2) is 34.9 Å². The number of nitrogens with two attached hydrogens (primary N) is 1. The molecule has 2 N–H and O–H groups in total. The number of benzene rings is 1. The number of fused-ring (bicyclic) bond motifs is 2. The lowest BCUT2D eigenvalue weighted by Gasteiger charge is -2.42. The summed E-state index contributed by atoms with van der Waals surface area (Å²) in [5.74, 6) is 1.43. The number of carbonyl (C=O) groups is 1. The second-order valence-corrected chi connectivity index (χ2v) is 10.8. The van der Waals surface area contributed by atoms with E-state index in [0.717, 1.165) is 67.3 Å². The van der Waals surface area contributed by atoms with Gasteiger partial charge in [-0.2, -0.15) is 0 Å². The Balaban J connectivity index is 1.36. The first-order valence-electron chi connectivity index (χ1n) is 11.7. The normalized spacial score (nSPS) is 22.8. The molecule has 2 saturated heterocycles. The van der Waals surface area contributed by atoms with Crippen LogP contribution in [0.25, 0.3) is 0 Å². The van der Waals surface area contributed by atoms with E-state index in [9.17, 15) is 4.79 Å². The van der Waals surface area contributed by atoms with Gasteiger partial charge in [0.25, 0.3) is 0 Å². The maximum Gasteiger partial charge on any atom is 0.314 e. The second kappa shape index (κ2) is 9.32. The monoisotopic (exact) mass is 516 g/mol. The summed E-state index contributed by atoms with van der Waals surface area (Å²) in [7, 11) is 0. The van der Waals surface area contributed by atoms with Gasteiger partial charge in [-0.15, -0.1) is 0 Å². The SMILES string of the molecule is NC(=O)N1CCC(C2CCN(C3c4ccc(Cl)cc4CCc4cc(Br)cnc43)CC2)CC1. The number of rotatable bonds is 2. The average molecular weight is 518 g/mol. The fourth-order valence-corrected chi connectivity index (χ4v) is 6.60. The van der Waals surface area contributed by atoms with E-state index >= 15 is 0 Å². The summed E-state index contributed by atoms with van der Waals surface area (Å²) >= 11 is 9.98. The quantitative estimate of drug-likeness (QED) is 0.596. The lowest BCUT2D eigenvalue weighted by molar-refractivity contribution is 0.0910. The molecule has 0 saturated carbocycles. The number of amides is 2. The number of nitrogens with zero attached hydrogens (tertiary/aromatic N) is 3. The Morgan fingerprint density at radius 2 is 1.66 bits per heavy atom. The third-order valence-electron chi connectivity index (χ3n) is 7.75. The zero-order valence-corrected chi connectivity index (χ0v) is 20.6. The molecular weight excluding hydrogens is 488 g/mol. The molecule has 1 unspecified atom stereocenters. The number of aryl methyl sites for hydroxylation is 2. The molecule has 5 rings (SSSR count). The van der Waals surface area contributed by atoms with Crippen molar-refractivity contribution in [3.63, 3.8) is 0 Å². The highest BCUT2D eigenvalue weighted by atomic mass is 79.9. The number of likely N-dealkylation sites (tertiary alicyclic amines) is 2. The van der Waals surface area contributed by atoms with E-state index in [1.807, 2.05) is 12.3 Å². The standard InChI is InChI=1S/C25H30BrClN4O/c26-20-13-19-2-1-18-14-21(27)3-4-22(18)24(23(19)29-15-20)30-9-5-16(6-10-30)17-7-11-31(12-8-17)25(28)32/h3-4,13-17,24H,1-2,5-12H2,(H2,28,32). The van der Waals surface area contributed by atoms with E-state index in [4.69, 9.17) is 22.3 Å². The number of hydrogen-bond donors (Lipinski definition) is 1. The first-order valence-corrected chi connectivity index (χ1v) is 12.9. The van der Waals surface area contributed by atoms with Gasteiger partial charge in [0, 0.05) is 28.8 Å². The lowest BCUT2D eigenvalue weighted by atomic mass is 9.78. The van der Waals surface area contributed by atoms with Crippen LogP contribution >= 0.6 is 27.5 Å². The number of urea groups is 1. The zero-order valence-electron chi connectivity index (χ0n) is 18.3. The molecule has 32 heavy (non-hydrogen) atoms. The largest absolute Gasteiger partial charge is 0.351 e. The predicted molar refractivity (Wildman–Crippen MR) is 131 cm³/mol. The average Bonchev–Trinajstić information content (AvgIpc) is 2.95. The van der Waals surface area contributed by atoms with Gasteiger partial charge in [0.05, 0.1) is 11.7 Å². The summed E-state index contributed by atoms with van der Waals surface area (Å²) in [5, 5.41) is 0.809. The molecule has 0 spiro atoms. The van der Waals surface area contributed by atoms with E-state index in [2.05, 4.69) is 39.0 Å². The van der Waals surface area contributed by atoms with Crippen LogP contribution in [0.3, 0.4) is 0 Å². The Labute approximate surface area is 203 Å². The van der Waals surface area contributed by atoms with E-state index in [1.54, 1.807) is 4.90 Å². The Bertz CT molecular complexity index is 946. The number of halogens is 2. The van der Waals surface area contributed by atoms with Gasteiger partial charge in [0.1, 0.15) is 0 Å². The summed E-state index contributed by atoms with van der Waals surface area (Å²) in [6.45, 7) is 3.77. The third-order valence-corrected chi connectivity index (χ3v) is 8.42. The van der Waals surface area contributed by atoms with Gasteiger partial charge in [-0.25, -0.2) is 4.79 Å². The fraction of sp³-hybridized carbons (Fsp3) is 0.520. The second-order valence-electron chi connectivity index (χ2n) is 9.48. The lowest BCUT2D eigenvalue weighted by Crippen LogP contribution is -2.45. The van der Waals surface area contributed by atoms with Gasteiger partial charge in [-0.1, -0.05) is 17.7 Å². The Morgan fingerprint density at radius 1 is 1.00 bits per heavy atom. The third kappa shape index (κ3) is 4.42. The Hall–Kier alpha value is -1.63. The van der Waals surface area contributed by atoms with Gasteiger partial charge in [0.2, 0.25) is 0 Å². The molecule has 2 aliphatic heterocycles. The summed E-state index contributed by atoms with van der Waals surface area (Å²) in [5.41, 5.74) is 10.7. The van der Waals surface area contributed by atoms with Crippen molar-refractivity contribution in [3.05, 3.63) is 62.3 Å². The van der Waals surface area contributed by atoms with Crippen LogP contribution in [-0.2, 0) is 12.8 Å². The maximum atomic E-state index is 11.5. The highest BCUT2D eigenvalue weighted by Gasteiger charge is 2.35. The summed E-state index contributed by atoms with van der Waals surface area (Å²) in [4.78, 5) is 20.8. The molecule has 170 valence electrons. The van der Waals surface area contributed by atoms with Crippen LogP contribution in [0.2, 0.25) is 5.02 Å². The minimum atomic E-state index is -0.275. The van der Waals surface area contributed by atoms with Crippen LogP contribution in [0, 0.1) is 11.8 Å². The number of aromatic nitrogens is 1. The minimum absolute atomic E-state index is 0.186. The molecule has 2 aromatic rings. The van der Waals surface area contributed by atoms with Crippen LogP contribution in [0.1, 0.15) is 54.1 Å². The van der Waals surface area contributed by atoms with E-state index in [-0.39, 0.29) is 12.1 Å². The van der Waals surface area contributed by atoms with Crippen LogP contribution < -0.4 is 5.73 Å². The van der Waals surface area contributed by atoms with Gasteiger partial charge >= 0.3 is 6.03 Å². The van der Waals surface area contributed by atoms with Crippen LogP contribution in [-0.4, -0.2) is 47.0 Å². The summed E-state index contributed by atoms with van der Waals surface area (Å²) in [6.07, 6.45) is 8.48. The Kier molecular flexibility index (Phi) is 6.46. The highest BCUT2D eigenvalue weighted by molar-refractivity contribution is 9.10. The molecular formula is C25H30BrClN4O. The molecule has 1 aliphatic carbocycles. The van der Waals surface area contributed by atoms with Crippen molar-refractivity contribution in [2.75, 3.05) is 26.2 Å². The number of primary amides is 1. The number of hydrogen-bond acceptors (Lipinski definition) is 3. The number of pyridine rings is 1. The molecule has 3 heterocycles. The summed E-state index contributed by atoms with van der Waals surface area (Å²) in [6, 6.07) is 8.53. The first-order chi connectivity index (χ1) is 15.5. The first kappa shape index (κ1) is 22.2. The maximum absolute atomic E-state index is 11.5. The smallest absolute Gasteiger partial charge is 0.314 e. The van der Waals surface area contributed by atoms with Crippen molar-refractivity contribution < 1.29 is 4.79 Å². The van der Waals surface area contributed by atoms with Crippen molar-refractivity contribution in [1.29, 1.82) is 0 Å². The van der Waals surface area contributed by atoms with Gasteiger partial charge < -0.3 is 10.6 Å². The van der Waals surface area contributed by atoms with E-state index < -0.39 is 0 Å². The van der Waals surface area contributed by atoms with Gasteiger partial charge in [-0.3, -0.25) is 9.88 Å². The molecule has 2 fully saturated rings. The molecule has 3 aliphatic rings. The fourth-order valence-electron chi connectivity index (χ4n) is 6.02. The van der Waals surface area contributed by atoms with Crippen molar-refractivity contribution in [1.82, 2.24) is 14.8 Å². The van der Waals surface area contributed by atoms with Crippen molar-refractivity contribution >= 4 is 33.6 Å². The van der Waals surface area contributed by atoms with Crippen molar-refractivity contribution in [3.8, 4) is 0 Å². The highest BCUT2D eigenvalue weighted by Crippen LogP contribution is 2.41. The Morgan fingerprint density at radius 3 is 2.34 bits per heavy atom. The van der Waals surface area contributed by atoms with E-state index in [0.29, 0.717) is 5.92 Å². The van der Waals surface area contributed by atoms with Gasteiger partial charge in [-0.05, 0) is 114 Å². The molecule has 0 bridgehead atoms. The van der Waals surface area contributed by atoms with Crippen LogP contribution in [0.4, 0.5) is 4.79 Å². The minimum Gasteiger partial charge on any atom is -0.351 e. The molecule has 1 aromatic carbocycles. The summed E-state index contributed by atoms with van der Waals surface area (Å²) < 4.78 is 1.04. The molecule has 1 atom stereocenters. The molecule has 0 radical (unpaired) electrons. The molecule has 5 nitrogen and oxygen atoms in total. The van der Waals surface area contributed by atoms with Gasteiger partial charge in [0.15, 0.2) is 0 Å². The number of carbonyl (C=O) groups excluding carboxylic acids is 1. The molecule has 7 heteroatoms.